The van der Waals surface area contributed by atoms with Crippen LogP contribution in [0.1, 0.15) is 56.4 Å². The number of carbonyl (C=O) groups excluding carboxylic acids is 1. The van der Waals surface area contributed by atoms with Crippen molar-refractivity contribution in [3.8, 4) is 0 Å². The molecule has 116 valence electrons. The summed E-state index contributed by atoms with van der Waals surface area (Å²) in [5, 5.41) is 12.3. The third kappa shape index (κ3) is 3.73. The lowest BCUT2D eigenvalue weighted by Gasteiger charge is -2.30. The molecule has 21 heavy (non-hydrogen) atoms. The molecule has 3 rings (SSSR count). The molecule has 0 spiro atoms. The molecule has 2 heterocycles. The number of aromatic nitrogens is 2. The van der Waals surface area contributed by atoms with Crippen LogP contribution in [-0.2, 0) is 0 Å². The summed E-state index contributed by atoms with van der Waals surface area (Å²) >= 11 is 1.43. The summed E-state index contributed by atoms with van der Waals surface area (Å²) < 4.78 is 0. The van der Waals surface area contributed by atoms with Crippen LogP contribution in [0.15, 0.2) is 0 Å². The Morgan fingerprint density at radius 1 is 1.24 bits per heavy atom. The van der Waals surface area contributed by atoms with Crippen LogP contribution < -0.4 is 5.32 Å². The Balaban J connectivity index is 1.56. The molecule has 1 aliphatic heterocycles. The van der Waals surface area contributed by atoms with Crippen LogP contribution in [0.4, 0.5) is 9.93 Å². The van der Waals surface area contributed by atoms with Crippen molar-refractivity contribution in [1.82, 2.24) is 15.1 Å². The van der Waals surface area contributed by atoms with Gasteiger partial charge in [0.05, 0.1) is 0 Å². The number of aryl methyl sites for hydroxylation is 1. The maximum absolute atomic E-state index is 12.4. The number of nitrogens with zero attached hydrogens (tertiary/aromatic N) is 3. The lowest BCUT2D eigenvalue weighted by molar-refractivity contribution is 0.190. The quantitative estimate of drug-likeness (QED) is 0.923. The molecule has 6 heteroatoms. The molecule has 0 bridgehead atoms. The summed E-state index contributed by atoms with van der Waals surface area (Å²) in [4.78, 5) is 14.4. The molecule has 0 aromatic carbocycles. The van der Waals surface area contributed by atoms with E-state index in [0.717, 1.165) is 30.3 Å². The molecule has 1 saturated heterocycles. The molecule has 1 aromatic heterocycles. The van der Waals surface area contributed by atoms with E-state index in [1.165, 1.54) is 49.9 Å². The lowest BCUT2D eigenvalue weighted by atomic mass is 9.84. The highest BCUT2D eigenvalue weighted by Gasteiger charge is 2.31. The first-order valence-electron chi connectivity index (χ1n) is 8.10. The normalized spacial score (nSPS) is 23.5. The second-order valence-electron chi connectivity index (χ2n) is 6.29. The van der Waals surface area contributed by atoms with Crippen molar-refractivity contribution in [3.63, 3.8) is 0 Å². The Kier molecular flexibility index (Phi) is 4.73. The van der Waals surface area contributed by atoms with Crippen LogP contribution in [-0.4, -0.2) is 33.7 Å². The van der Waals surface area contributed by atoms with Crippen LogP contribution in [0.25, 0.3) is 0 Å². The zero-order valence-corrected chi connectivity index (χ0v) is 13.5. The van der Waals surface area contributed by atoms with E-state index < -0.39 is 0 Å². The van der Waals surface area contributed by atoms with Gasteiger partial charge >= 0.3 is 6.03 Å². The Labute approximate surface area is 130 Å². The summed E-state index contributed by atoms with van der Waals surface area (Å²) in [5.41, 5.74) is 0. The van der Waals surface area contributed by atoms with Gasteiger partial charge in [-0.3, -0.25) is 5.32 Å². The maximum Gasteiger partial charge on any atom is 0.323 e. The smallest absolute Gasteiger partial charge is 0.321 e. The van der Waals surface area contributed by atoms with Crippen molar-refractivity contribution in [2.24, 2.45) is 5.92 Å². The summed E-state index contributed by atoms with van der Waals surface area (Å²) in [6.07, 6.45) is 10.3. The van der Waals surface area contributed by atoms with Crippen molar-refractivity contribution in [2.75, 3.05) is 11.9 Å². The Morgan fingerprint density at radius 2 is 2.05 bits per heavy atom. The van der Waals surface area contributed by atoms with Gasteiger partial charge in [0.15, 0.2) is 0 Å². The number of rotatable bonds is 3. The van der Waals surface area contributed by atoms with E-state index in [1.807, 2.05) is 11.8 Å². The molecule has 1 N–H and O–H groups in total. The van der Waals surface area contributed by atoms with E-state index >= 15 is 0 Å². The van der Waals surface area contributed by atoms with E-state index in [2.05, 4.69) is 15.5 Å². The molecule has 5 nitrogen and oxygen atoms in total. The number of likely N-dealkylation sites (tertiary alicyclic amines) is 1. The van der Waals surface area contributed by atoms with Gasteiger partial charge in [-0.15, -0.1) is 10.2 Å². The van der Waals surface area contributed by atoms with Gasteiger partial charge in [-0.2, -0.15) is 0 Å². The first kappa shape index (κ1) is 14.8. The highest BCUT2D eigenvalue weighted by Crippen LogP contribution is 2.32. The second-order valence-corrected chi connectivity index (χ2v) is 7.47. The van der Waals surface area contributed by atoms with Gasteiger partial charge < -0.3 is 4.90 Å². The van der Waals surface area contributed by atoms with Crippen molar-refractivity contribution in [2.45, 2.75) is 64.3 Å². The fourth-order valence-electron chi connectivity index (χ4n) is 3.67. The molecule has 1 atom stereocenters. The zero-order valence-electron chi connectivity index (χ0n) is 12.7. The average Bonchev–Trinajstić information content (AvgIpc) is 3.09. The van der Waals surface area contributed by atoms with Crippen LogP contribution in [0.5, 0.6) is 0 Å². The number of hydrogen-bond acceptors (Lipinski definition) is 4. The third-order valence-electron chi connectivity index (χ3n) is 4.71. The monoisotopic (exact) mass is 308 g/mol. The maximum atomic E-state index is 12.4. The molecule has 2 amide bonds. The summed E-state index contributed by atoms with van der Waals surface area (Å²) in [5.74, 6) is 0.820. The third-order valence-corrected chi connectivity index (χ3v) is 5.46. The summed E-state index contributed by atoms with van der Waals surface area (Å²) in [6, 6.07) is 0.423. The number of urea groups is 1. The minimum Gasteiger partial charge on any atom is -0.321 e. The first-order chi connectivity index (χ1) is 10.2. The van der Waals surface area contributed by atoms with Crippen LogP contribution in [0.3, 0.4) is 0 Å². The standard InChI is InChI=1S/C15H24N4OS/c1-11-17-18-14(21-11)16-15(20)19-9-5-8-13(19)10-12-6-3-2-4-7-12/h12-13H,2-10H2,1H3,(H,16,18,20). The van der Waals surface area contributed by atoms with Crippen molar-refractivity contribution in [1.29, 1.82) is 0 Å². The molecular weight excluding hydrogens is 284 g/mol. The van der Waals surface area contributed by atoms with Gasteiger partial charge in [-0.25, -0.2) is 4.79 Å². The number of hydrogen-bond donors (Lipinski definition) is 1. The Bertz CT molecular complexity index is 484. The molecule has 1 saturated carbocycles. The van der Waals surface area contributed by atoms with Crippen molar-refractivity contribution < 1.29 is 4.79 Å². The van der Waals surface area contributed by atoms with E-state index in [4.69, 9.17) is 0 Å². The number of anilines is 1. The topological polar surface area (TPSA) is 58.1 Å². The van der Waals surface area contributed by atoms with E-state index in [0.29, 0.717) is 11.2 Å². The number of carbonyl (C=O) groups is 1. The van der Waals surface area contributed by atoms with Gasteiger partial charge in [-0.05, 0) is 32.1 Å². The predicted molar refractivity (Wildman–Crippen MR) is 84.6 cm³/mol. The first-order valence-corrected chi connectivity index (χ1v) is 8.92. The summed E-state index contributed by atoms with van der Waals surface area (Å²) in [7, 11) is 0. The SMILES string of the molecule is Cc1nnc(NC(=O)N2CCCC2CC2CCCCC2)s1. The van der Waals surface area contributed by atoms with Crippen molar-refractivity contribution >= 4 is 22.5 Å². The molecule has 0 radical (unpaired) electrons. The van der Waals surface area contributed by atoms with Crippen LogP contribution in [0, 0.1) is 12.8 Å². The number of amides is 2. The highest BCUT2D eigenvalue weighted by atomic mass is 32.1. The Hall–Kier alpha value is -1.17. The van der Waals surface area contributed by atoms with Gasteiger partial charge in [-0.1, -0.05) is 43.4 Å². The van der Waals surface area contributed by atoms with Crippen LogP contribution >= 0.6 is 11.3 Å². The molecule has 1 unspecified atom stereocenters. The second kappa shape index (κ2) is 6.73. The lowest BCUT2D eigenvalue weighted by Crippen LogP contribution is -2.39. The van der Waals surface area contributed by atoms with Gasteiger partial charge in [0, 0.05) is 12.6 Å². The van der Waals surface area contributed by atoms with Gasteiger partial charge in [0.1, 0.15) is 5.01 Å². The zero-order chi connectivity index (χ0) is 14.7. The largest absolute Gasteiger partial charge is 0.323 e. The molecular formula is C15H24N4OS. The van der Waals surface area contributed by atoms with E-state index in [9.17, 15) is 4.79 Å². The van der Waals surface area contributed by atoms with Gasteiger partial charge in [0.25, 0.3) is 0 Å². The van der Waals surface area contributed by atoms with E-state index in [1.54, 1.807) is 0 Å². The van der Waals surface area contributed by atoms with Crippen molar-refractivity contribution in [3.05, 3.63) is 5.01 Å². The minimum absolute atomic E-state index is 0.00413. The molecule has 1 aromatic rings. The van der Waals surface area contributed by atoms with E-state index in [-0.39, 0.29) is 6.03 Å². The molecule has 2 aliphatic rings. The van der Waals surface area contributed by atoms with Gasteiger partial charge in [0.2, 0.25) is 5.13 Å². The fraction of sp³-hybridized carbons (Fsp3) is 0.800. The molecule has 2 fully saturated rings. The minimum atomic E-state index is 0.00413. The fourth-order valence-corrected chi connectivity index (χ4v) is 4.25. The summed E-state index contributed by atoms with van der Waals surface area (Å²) in [6.45, 7) is 2.77. The van der Waals surface area contributed by atoms with Crippen LogP contribution in [0.2, 0.25) is 0 Å². The number of nitrogens with one attached hydrogen (secondary N) is 1. The average molecular weight is 308 g/mol. The predicted octanol–water partition coefficient (Wildman–Crippen LogP) is 3.81. The highest BCUT2D eigenvalue weighted by molar-refractivity contribution is 7.15. The Morgan fingerprint density at radius 3 is 2.76 bits per heavy atom. The molecule has 1 aliphatic carbocycles.